The van der Waals surface area contributed by atoms with Gasteiger partial charge in [0, 0.05) is 14.6 Å². The SMILES string of the molecule is COc1ccc(-c2cc(CC(=O)O)c(-c3ccc(Cl)s3)s2)cc1. The van der Waals surface area contributed by atoms with Gasteiger partial charge in [0.25, 0.3) is 0 Å². The molecule has 2 aromatic heterocycles. The first-order valence-corrected chi connectivity index (χ1v) is 8.82. The van der Waals surface area contributed by atoms with Crippen molar-refractivity contribution in [1.29, 1.82) is 0 Å². The Bertz CT molecular complexity index is 834. The molecule has 3 nitrogen and oxygen atoms in total. The zero-order valence-corrected chi connectivity index (χ0v) is 14.6. The summed E-state index contributed by atoms with van der Waals surface area (Å²) in [6.07, 6.45) is -0.00247. The number of hydrogen-bond acceptors (Lipinski definition) is 4. The van der Waals surface area contributed by atoms with Gasteiger partial charge in [-0.3, -0.25) is 4.79 Å². The smallest absolute Gasteiger partial charge is 0.307 e. The van der Waals surface area contributed by atoms with Crippen molar-refractivity contribution in [1.82, 2.24) is 0 Å². The summed E-state index contributed by atoms with van der Waals surface area (Å²) in [5.74, 6) is -0.0469. The van der Waals surface area contributed by atoms with Gasteiger partial charge in [0.05, 0.1) is 17.9 Å². The maximum Gasteiger partial charge on any atom is 0.307 e. The Morgan fingerprint density at radius 2 is 1.87 bits per heavy atom. The fraction of sp³-hybridized carbons (Fsp3) is 0.118. The maximum atomic E-state index is 11.2. The molecule has 0 radical (unpaired) electrons. The lowest BCUT2D eigenvalue weighted by molar-refractivity contribution is -0.136. The standard InChI is InChI=1S/C17H13ClO3S2/c1-21-12-4-2-10(3-5-12)14-8-11(9-16(19)20)17(23-14)13-6-7-15(18)22-13/h2-8H,9H2,1H3,(H,19,20). The van der Waals surface area contributed by atoms with Gasteiger partial charge in [0.15, 0.2) is 0 Å². The summed E-state index contributed by atoms with van der Waals surface area (Å²) in [7, 11) is 1.63. The molecule has 3 rings (SSSR count). The third-order valence-electron chi connectivity index (χ3n) is 3.32. The van der Waals surface area contributed by atoms with Crippen LogP contribution in [0.15, 0.2) is 42.5 Å². The molecular formula is C17H13ClO3S2. The van der Waals surface area contributed by atoms with Crippen LogP contribution in [0.25, 0.3) is 20.2 Å². The van der Waals surface area contributed by atoms with Gasteiger partial charge >= 0.3 is 5.97 Å². The summed E-state index contributed by atoms with van der Waals surface area (Å²) in [6.45, 7) is 0. The minimum atomic E-state index is -0.840. The van der Waals surface area contributed by atoms with E-state index < -0.39 is 5.97 Å². The molecule has 3 aromatic rings. The van der Waals surface area contributed by atoms with Gasteiger partial charge in [-0.15, -0.1) is 22.7 Å². The van der Waals surface area contributed by atoms with E-state index >= 15 is 0 Å². The zero-order chi connectivity index (χ0) is 16.4. The van der Waals surface area contributed by atoms with Gasteiger partial charge in [-0.1, -0.05) is 11.6 Å². The van der Waals surface area contributed by atoms with E-state index in [1.54, 1.807) is 18.4 Å². The third-order valence-corrected chi connectivity index (χ3v) is 5.96. The van der Waals surface area contributed by atoms with Crippen LogP contribution in [-0.2, 0) is 11.2 Å². The van der Waals surface area contributed by atoms with Crippen molar-refractivity contribution in [2.45, 2.75) is 6.42 Å². The molecule has 0 atom stereocenters. The average molecular weight is 365 g/mol. The Morgan fingerprint density at radius 1 is 1.13 bits per heavy atom. The largest absolute Gasteiger partial charge is 0.497 e. The predicted octanol–water partition coefficient (Wildman–Crippen LogP) is 5.43. The van der Waals surface area contributed by atoms with Gasteiger partial charge in [0.2, 0.25) is 0 Å². The second-order valence-electron chi connectivity index (χ2n) is 4.87. The number of hydrogen-bond donors (Lipinski definition) is 1. The van der Waals surface area contributed by atoms with Crippen molar-refractivity contribution < 1.29 is 14.6 Å². The highest BCUT2D eigenvalue weighted by molar-refractivity contribution is 7.25. The van der Waals surface area contributed by atoms with Crippen molar-refractivity contribution in [2.24, 2.45) is 0 Å². The number of ether oxygens (including phenoxy) is 1. The van der Waals surface area contributed by atoms with E-state index in [4.69, 9.17) is 21.4 Å². The van der Waals surface area contributed by atoms with Crippen LogP contribution in [0.2, 0.25) is 4.34 Å². The average Bonchev–Trinajstić information content (AvgIpc) is 3.13. The molecule has 0 aliphatic heterocycles. The number of rotatable bonds is 5. The summed E-state index contributed by atoms with van der Waals surface area (Å²) in [4.78, 5) is 14.1. The molecule has 0 fully saturated rings. The molecule has 2 heterocycles. The van der Waals surface area contributed by atoms with E-state index in [1.807, 2.05) is 42.5 Å². The van der Waals surface area contributed by atoms with E-state index in [9.17, 15) is 4.79 Å². The number of carbonyl (C=O) groups is 1. The number of carboxylic acid groups (broad SMARTS) is 1. The highest BCUT2D eigenvalue weighted by Gasteiger charge is 2.16. The molecule has 0 spiro atoms. The molecule has 0 aliphatic rings. The lowest BCUT2D eigenvalue weighted by Gasteiger charge is -2.00. The maximum absolute atomic E-state index is 11.2. The van der Waals surface area contributed by atoms with Crippen LogP contribution in [0.1, 0.15) is 5.56 Å². The quantitative estimate of drug-likeness (QED) is 0.656. The minimum Gasteiger partial charge on any atom is -0.497 e. The van der Waals surface area contributed by atoms with E-state index in [-0.39, 0.29) is 6.42 Å². The molecule has 0 saturated heterocycles. The minimum absolute atomic E-state index is 0.00247. The fourth-order valence-corrected chi connectivity index (χ4v) is 4.64. The molecule has 0 aliphatic carbocycles. The van der Waals surface area contributed by atoms with Gasteiger partial charge in [-0.25, -0.2) is 0 Å². The normalized spacial score (nSPS) is 10.7. The first-order chi connectivity index (χ1) is 11.1. The lowest BCUT2D eigenvalue weighted by atomic mass is 10.1. The summed E-state index contributed by atoms with van der Waals surface area (Å²) in [6, 6.07) is 13.5. The van der Waals surface area contributed by atoms with Gasteiger partial charge in [-0.05, 0) is 53.6 Å². The van der Waals surface area contributed by atoms with Crippen LogP contribution in [0.3, 0.4) is 0 Å². The van der Waals surface area contributed by atoms with Crippen molar-refractivity contribution in [3.8, 4) is 25.9 Å². The molecule has 6 heteroatoms. The summed E-state index contributed by atoms with van der Waals surface area (Å²) in [5.41, 5.74) is 1.85. The van der Waals surface area contributed by atoms with Gasteiger partial charge in [0.1, 0.15) is 5.75 Å². The Labute approximate surface area is 146 Å². The van der Waals surface area contributed by atoms with Gasteiger partial charge in [-0.2, -0.15) is 0 Å². The number of halogens is 1. The molecule has 1 aromatic carbocycles. The molecule has 23 heavy (non-hydrogen) atoms. The van der Waals surface area contributed by atoms with Crippen molar-refractivity contribution in [3.05, 3.63) is 52.4 Å². The number of aliphatic carboxylic acids is 1. The summed E-state index contributed by atoms with van der Waals surface area (Å²) in [5, 5.41) is 9.16. The highest BCUT2D eigenvalue weighted by atomic mass is 35.5. The van der Waals surface area contributed by atoms with Crippen LogP contribution < -0.4 is 4.74 Å². The molecule has 0 unspecified atom stereocenters. The zero-order valence-electron chi connectivity index (χ0n) is 12.2. The topological polar surface area (TPSA) is 46.5 Å². The first-order valence-electron chi connectivity index (χ1n) is 6.81. The fourth-order valence-electron chi connectivity index (χ4n) is 2.27. The highest BCUT2D eigenvalue weighted by Crippen LogP contribution is 2.42. The van der Waals surface area contributed by atoms with Crippen LogP contribution in [0, 0.1) is 0 Å². The van der Waals surface area contributed by atoms with E-state index in [0.29, 0.717) is 4.34 Å². The summed E-state index contributed by atoms with van der Waals surface area (Å²) < 4.78 is 5.87. The van der Waals surface area contributed by atoms with Crippen molar-refractivity contribution in [3.63, 3.8) is 0 Å². The number of thiophene rings is 2. The molecular weight excluding hydrogens is 352 g/mol. The monoisotopic (exact) mass is 364 g/mol. The Kier molecular flexibility index (Phi) is 4.71. The van der Waals surface area contributed by atoms with Crippen LogP contribution in [0.5, 0.6) is 5.75 Å². The number of carboxylic acids is 1. The Balaban J connectivity index is 2.04. The van der Waals surface area contributed by atoms with Crippen LogP contribution >= 0.6 is 34.3 Å². The lowest BCUT2D eigenvalue weighted by Crippen LogP contribution is -1.99. The molecule has 0 bridgehead atoms. The Hall–Kier alpha value is -1.82. The van der Waals surface area contributed by atoms with E-state index in [0.717, 1.165) is 31.5 Å². The first kappa shape index (κ1) is 16.1. The number of methoxy groups -OCH3 is 1. The van der Waals surface area contributed by atoms with E-state index in [2.05, 4.69) is 0 Å². The second kappa shape index (κ2) is 6.74. The predicted molar refractivity (Wildman–Crippen MR) is 96.0 cm³/mol. The van der Waals surface area contributed by atoms with Crippen LogP contribution in [0.4, 0.5) is 0 Å². The van der Waals surface area contributed by atoms with Gasteiger partial charge < -0.3 is 9.84 Å². The third kappa shape index (κ3) is 3.58. The van der Waals surface area contributed by atoms with Crippen molar-refractivity contribution in [2.75, 3.05) is 7.11 Å². The molecule has 0 saturated carbocycles. The Morgan fingerprint density at radius 3 is 2.43 bits per heavy atom. The summed E-state index contributed by atoms with van der Waals surface area (Å²) >= 11 is 9.06. The number of benzene rings is 1. The van der Waals surface area contributed by atoms with Crippen LogP contribution in [-0.4, -0.2) is 18.2 Å². The van der Waals surface area contributed by atoms with Crippen molar-refractivity contribution >= 4 is 40.2 Å². The second-order valence-corrected chi connectivity index (χ2v) is 7.64. The molecule has 1 N–H and O–H groups in total. The van der Waals surface area contributed by atoms with E-state index in [1.165, 1.54) is 11.3 Å². The molecule has 0 amide bonds. The molecule has 118 valence electrons.